The van der Waals surface area contributed by atoms with E-state index in [1.807, 2.05) is 4.90 Å². The fourth-order valence-electron chi connectivity index (χ4n) is 2.04. The van der Waals surface area contributed by atoms with E-state index in [2.05, 4.69) is 37.9 Å². The lowest BCUT2D eigenvalue weighted by molar-refractivity contribution is -0.124. The number of ether oxygens (including phenoxy) is 1. The molecule has 19 heavy (non-hydrogen) atoms. The number of hydrogen-bond acceptors (Lipinski definition) is 5. The third kappa shape index (κ3) is 3.14. The number of halogens is 1. The molecule has 1 aromatic heterocycles. The molecule has 2 aliphatic rings. The van der Waals surface area contributed by atoms with E-state index in [1.165, 1.54) is 0 Å². The van der Waals surface area contributed by atoms with Crippen LogP contribution < -0.4 is 10.2 Å². The van der Waals surface area contributed by atoms with Crippen molar-refractivity contribution < 1.29 is 9.53 Å². The van der Waals surface area contributed by atoms with Crippen LogP contribution in [-0.2, 0) is 9.53 Å². The average molecular weight is 374 g/mol. The van der Waals surface area contributed by atoms with Gasteiger partial charge in [0.25, 0.3) is 0 Å². The second-order valence-corrected chi connectivity index (χ2v) is 6.01. The van der Waals surface area contributed by atoms with Crippen molar-refractivity contribution in [2.45, 2.75) is 24.9 Å². The molecule has 0 bridgehead atoms. The van der Waals surface area contributed by atoms with Gasteiger partial charge in [-0.25, -0.2) is 9.97 Å². The van der Waals surface area contributed by atoms with Gasteiger partial charge in [0, 0.05) is 28.6 Å². The minimum Gasteiger partial charge on any atom is -0.377 e. The second-order valence-electron chi connectivity index (χ2n) is 4.77. The van der Waals surface area contributed by atoms with E-state index >= 15 is 0 Å². The van der Waals surface area contributed by atoms with Crippen molar-refractivity contribution in [3.8, 4) is 0 Å². The van der Waals surface area contributed by atoms with Crippen LogP contribution in [-0.4, -0.2) is 47.7 Å². The zero-order valence-corrected chi connectivity index (χ0v) is 12.5. The van der Waals surface area contributed by atoms with Crippen molar-refractivity contribution in [1.82, 2.24) is 15.3 Å². The van der Waals surface area contributed by atoms with Gasteiger partial charge in [0.15, 0.2) is 0 Å². The molecule has 2 heterocycles. The Morgan fingerprint density at radius 1 is 1.42 bits per heavy atom. The van der Waals surface area contributed by atoms with Crippen LogP contribution >= 0.6 is 22.6 Å². The molecule has 0 spiro atoms. The number of hydrogen-bond donors (Lipinski definition) is 1. The molecule has 1 aromatic rings. The predicted octanol–water partition coefficient (Wildman–Crippen LogP) is 0.565. The summed E-state index contributed by atoms with van der Waals surface area (Å²) < 4.78 is 6.40. The maximum Gasteiger partial charge on any atom is 0.245 e. The lowest BCUT2D eigenvalue weighted by atomic mass is 10.2. The summed E-state index contributed by atoms with van der Waals surface area (Å²) in [5.74, 6) is 0.615. The van der Waals surface area contributed by atoms with Gasteiger partial charge in [-0.05, 0) is 35.4 Å². The minimum atomic E-state index is -0.325. The SMILES string of the molecule is O=C(NC1CC1)C1COCCN1c1ncc(I)cn1. The number of nitrogens with zero attached hydrogens (tertiary/aromatic N) is 3. The highest BCUT2D eigenvalue weighted by atomic mass is 127. The first-order valence-electron chi connectivity index (χ1n) is 6.36. The highest BCUT2D eigenvalue weighted by Gasteiger charge is 2.34. The summed E-state index contributed by atoms with van der Waals surface area (Å²) in [5.41, 5.74) is 0. The molecule has 102 valence electrons. The summed E-state index contributed by atoms with van der Waals surface area (Å²) in [6, 6.07) is 0.0309. The third-order valence-corrected chi connectivity index (χ3v) is 3.78. The molecule has 1 N–H and O–H groups in total. The van der Waals surface area contributed by atoms with E-state index in [0.29, 0.717) is 31.7 Å². The average Bonchev–Trinajstić information content (AvgIpc) is 3.23. The molecule has 1 saturated carbocycles. The molecule has 1 atom stereocenters. The highest BCUT2D eigenvalue weighted by Crippen LogP contribution is 2.21. The van der Waals surface area contributed by atoms with E-state index in [1.54, 1.807) is 12.4 Å². The Labute approximate surface area is 125 Å². The van der Waals surface area contributed by atoms with Crippen molar-refractivity contribution in [3.63, 3.8) is 0 Å². The van der Waals surface area contributed by atoms with E-state index in [9.17, 15) is 4.79 Å². The van der Waals surface area contributed by atoms with E-state index in [4.69, 9.17) is 4.74 Å². The van der Waals surface area contributed by atoms with Crippen molar-refractivity contribution in [3.05, 3.63) is 16.0 Å². The summed E-state index contributed by atoms with van der Waals surface area (Å²) in [6.07, 6.45) is 5.68. The molecule has 3 rings (SSSR count). The van der Waals surface area contributed by atoms with Crippen LogP contribution in [0.3, 0.4) is 0 Å². The lowest BCUT2D eigenvalue weighted by Gasteiger charge is -2.34. The number of carbonyl (C=O) groups excluding carboxylic acids is 1. The maximum absolute atomic E-state index is 12.2. The molecule has 1 amide bonds. The number of rotatable bonds is 3. The van der Waals surface area contributed by atoms with E-state index < -0.39 is 0 Å². The van der Waals surface area contributed by atoms with Gasteiger partial charge < -0.3 is 15.0 Å². The van der Waals surface area contributed by atoms with Gasteiger partial charge in [0.1, 0.15) is 6.04 Å². The summed E-state index contributed by atoms with van der Waals surface area (Å²) in [6.45, 7) is 1.64. The number of morpholine rings is 1. The van der Waals surface area contributed by atoms with Gasteiger partial charge in [-0.2, -0.15) is 0 Å². The molecule has 7 heteroatoms. The summed E-state index contributed by atoms with van der Waals surface area (Å²) in [5, 5.41) is 3.02. The lowest BCUT2D eigenvalue weighted by Crippen LogP contribution is -2.55. The molecule has 1 aliphatic heterocycles. The standard InChI is InChI=1S/C12H15IN4O2/c13-8-5-14-12(15-6-8)17-3-4-19-7-10(17)11(18)16-9-1-2-9/h5-6,9-10H,1-4,7H2,(H,16,18). The monoisotopic (exact) mass is 374 g/mol. The third-order valence-electron chi connectivity index (χ3n) is 3.22. The quantitative estimate of drug-likeness (QED) is 0.784. The Balaban J connectivity index is 1.75. The van der Waals surface area contributed by atoms with Gasteiger partial charge in [-0.15, -0.1) is 0 Å². The zero-order valence-electron chi connectivity index (χ0n) is 10.4. The topological polar surface area (TPSA) is 67.3 Å². The fourth-order valence-corrected chi connectivity index (χ4v) is 2.32. The number of anilines is 1. The maximum atomic E-state index is 12.2. The van der Waals surface area contributed by atoms with Crippen LogP contribution in [0.25, 0.3) is 0 Å². The first-order valence-corrected chi connectivity index (χ1v) is 7.44. The van der Waals surface area contributed by atoms with Gasteiger partial charge in [-0.3, -0.25) is 4.79 Å². The van der Waals surface area contributed by atoms with E-state index in [0.717, 1.165) is 16.4 Å². The van der Waals surface area contributed by atoms with Gasteiger partial charge >= 0.3 is 0 Å². The number of amides is 1. The Morgan fingerprint density at radius 3 is 2.84 bits per heavy atom. The van der Waals surface area contributed by atoms with Crippen LogP contribution in [0.5, 0.6) is 0 Å². The zero-order chi connectivity index (χ0) is 13.2. The largest absolute Gasteiger partial charge is 0.377 e. The first-order chi connectivity index (χ1) is 9.24. The normalized spacial score (nSPS) is 23.2. The predicted molar refractivity (Wildman–Crippen MR) is 77.9 cm³/mol. The molecule has 1 aliphatic carbocycles. The van der Waals surface area contributed by atoms with Crippen molar-refractivity contribution in [2.75, 3.05) is 24.7 Å². The van der Waals surface area contributed by atoms with Gasteiger partial charge in [0.2, 0.25) is 11.9 Å². The van der Waals surface area contributed by atoms with Gasteiger partial charge in [-0.1, -0.05) is 0 Å². The minimum absolute atomic E-state index is 0.0179. The molecular formula is C12H15IN4O2. The molecular weight excluding hydrogens is 359 g/mol. The van der Waals surface area contributed by atoms with Crippen molar-refractivity contribution >= 4 is 34.4 Å². The van der Waals surface area contributed by atoms with Crippen LogP contribution in [0.1, 0.15) is 12.8 Å². The summed E-state index contributed by atoms with van der Waals surface area (Å²) in [4.78, 5) is 22.7. The second kappa shape index (κ2) is 5.58. The molecule has 1 saturated heterocycles. The molecule has 0 aromatic carbocycles. The van der Waals surface area contributed by atoms with Crippen molar-refractivity contribution in [2.24, 2.45) is 0 Å². The molecule has 6 nitrogen and oxygen atoms in total. The highest BCUT2D eigenvalue weighted by molar-refractivity contribution is 14.1. The number of nitrogens with one attached hydrogen (secondary N) is 1. The Hall–Kier alpha value is -0.960. The Bertz CT molecular complexity index is 463. The fraction of sp³-hybridized carbons (Fsp3) is 0.583. The Kier molecular flexibility index (Phi) is 3.83. The van der Waals surface area contributed by atoms with Crippen molar-refractivity contribution in [1.29, 1.82) is 0 Å². The van der Waals surface area contributed by atoms with Crippen LogP contribution in [0.15, 0.2) is 12.4 Å². The number of carbonyl (C=O) groups is 1. The smallest absolute Gasteiger partial charge is 0.245 e. The Morgan fingerprint density at radius 2 is 2.16 bits per heavy atom. The van der Waals surface area contributed by atoms with E-state index in [-0.39, 0.29) is 11.9 Å². The van der Waals surface area contributed by atoms with Crippen LogP contribution in [0, 0.1) is 3.57 Å². The first kappa shape index (κ1) is 13.0. The molecule has 0 radical (unpaired) electrons. The molecule has 1 unspecified atom stereocenters. The summed E-state index contributed by atoms with van der Waals surface area (Å²) >= 11 is 2.16. The molecule has 2 fully saturated rings. The number of aromatic nitrogens is 2. The van der Waals surface area contributed by atoms with Crippen LogP contribution in [0.2, 0.25) is 0 Å². The van der Waals surface area contributed by atoms with Crippen LogP contribution in [0.4, 0.5) is 5.95 Å². The van der Waals surface area contributed by atoms with Gasteiger partial charge in [0.05, 0.1) is 13.2 Å². The summed E-state index contributed by atoms with van der Waals surface area (Å²) in [7, 11) is 0.